The van der Waals surface area contributed by atoms with Gasteiger partial charge < -0.3 is 20.3 Å². The molecule has 0 radical (unpaired) electrons. The molecule has 1 atom stereocenters. The Hall–Kier alpha value is -2.53. The third-order valence-corrected chi connectivity index (χ3v) is 3.13. The maximum absolute atomic E-state index is 10.4. The van der Waals surface area contributed by atoms with Crippen LogP contribution >= 0.6 is 0 Å². The second kappa shape index (κ2) is 8.05. The summed E-state index contributed by atoms with van der Waals surface area (Å²) in [5.41, 5.74) is 2.02. The fourth-order valence-electron chi connectivity index (χ4n) is 2.01. The second-order valence-corrected chi connectivity index (χ2v) is 4.96. The normalized spacial score (nSPS) is 11.7. The Bertz CT molecular complexity index is 583. The van der Waals surface area contributed by atoms with Gasteiger partial charge in [-0.05, 0) is 23.3 Å². The van der Waals surface area contributed by atoms with Gasteiger partial charge >= 0.3 is 6.09 Å². The van der Waals surface area contributed by atoms with Crippen molar-refractivity contribution >= 4 is 6.09 Å². The molecule has 0 saturated carbocycles. The lowest BCUT2D eigenvalue weighted by Gasteiger charge is -2.11. The van der Waals surface area contributed by atoms with Gasteiger partial charge in [0.05, 0.1) is 6.10 Å². The molecule has 0 bridgehead atoms. The van der Waals surface area contributed by atoms with Gasteiger partial charge in [-0.2, -0.15) is 0 Å². The van der Waals surface area contributed by atoms with Crippen molar-refractivity contribution in [3.8, 4) is 5.75 Å². The molecular formula is C17H19NO4. The van der Waals surface area contributed by atoms with Crippen molar-refractivity contribution in [2.75, 3.05) is 6.54 Å². The number of carbonyl (C=O) groups is 1. The van der Waals surface area contributed by atoms with Crippen LogP contribution in [0.15, 0.2) is 54.6 Å². The minimum absolute atomic E-state index is 0.0155. The maximum atomic E-state index is 10.4. The minimum atomic E-state index is -1.14. The smallest absolute Gasteiger partial charge is 0.404 e. The van der Waals surface area contributed by atoms with Crippen LogP contribution in [-0.4, -0.2) is 29.0 Å². The molecule has 2 aromatic rings. The highest BCUT2D eigenvalue weighted by atomic mass is 16.5. The monoisotopic (exact) mass is 301 g/mol. The zero-order valence-corrected chi connectivity index (χ0v) is 12.1. The third kappa shape index (κ3) is 5.46. The van der Waals surface area contributed by atoms with Gasteiger partial charge in [0.15, 0.2) is 0 Å². The molecule has 0 unspecified atom stereocenters. The highest BCUT2D eigenvalue weighted by Crippen LogP contribution is 2.15. The van der Waals surface area contributed by atoms with Gasteiger partial charge in [0.25, 0.3) is 0 Å². The summed E-state index contributed by atoms with van der Waals surface area (Å²) in [6.45, 7) is 0.521. The molecule has 0 aliphatic rings. The number of rotatable bonds is 7. The van der Waals surface area contributed by atoms with Crippen molar-refractivity contribution in [1.82, 2.24) is 5.32 Å². The van der Waals surface area contributed by atoms with Crippen LogP contribution in [0.25, 0.3) is 0 Å². The van der Waals surface area contributed by atoms with Crippen LogP contribution < -0.4 is 10.1 Å². The van der Waals surface area contributed by atoms with Crippen LogP contribution in [0.1, 0.15) is 11.1 Å². The molecule has 0 aliphatic carbocycles. The molecule has 5 nitrogen and oxygen atoms in total. The predicted molar refractivity (Wildman–Crippen MR) is 83.0 cm³/mol. The maximum Gasteiger partial charge on any atom is 0.404 e. The number of hydrogen-bond acceptors (Lipinski definition) is 3. The van der Waals surface area contributed by atoms with Crippen molar-refractivity contribution in [3.63, 3.8) is 0 Å². The van der Waals surface area contributed by atoms with Crippen molar-refractivity contribution in [2.45, 2.75) is 19.1 Å². The number of benzene rings is 2. The van der Waals surface area contributed by atoms with Crippen LogP contribution in [0.2, 0.25) is 0 Å². The Balaban J connectivity index is 1.81. The third-order valence-electron chi connectivity index (χ3n) is 3.13. The number of nitrogens with one attached hydrogen (secondary N) is 1. The topological polar surface area (TPSA) is 78.8 Å². The number of aliphatic hydroxyl groups is 1. The molecule has 1 amide bonds. The molecule has 0 heterocycles. The average molecular weight is 301 g/mol. The summed E-state index contributed by atoms with van der Waals surface area (Å²) in [4.78, 5) is 10.4. The Kier molecular flexibility index (Phi) is 5.80. The largest absolute Gasteiger partial charge is 0.489 e. The van der Waals surface area contributed by atoms with E-state index in [1.165, 1.54) is 0 Å². The molecule has 5 heteroatoms. The standard InChI is InChI=1S/C17H19NO4/c19-15(11-18-17(20)21)10-13-6-8-16(9-7-13)22-12-14-4-2-1-3-5-14/h1-9,15,18-19H,10-12H2,(H,20,21)/t15-/m1/s1. The van der Waals surface area contributed by atoms with E-state index in [4.69, 9.17) is 9.84 Å². The fraction of sp³-hybridized carbons (Fsp3) is 0.235. The van der Waals surface area contributed by atoms with Crippen LogP contribution in [0.4, 0.5) is 4.79 Å². The zero-order valence-electron chi connectivity index (χ0n) is 12.1. The van der Waals surface area contributed by atoms with Gasteiger partial charge in [-0.15, -0.1) is 0 Å². The van der Waals surface area contributed by atoms with Gasteiger partial charge in [-0.3, -0.25) is 0 Å². The highest BCUT2D eigenvalue weighted by molar-refractivity contribution is 5.64. The van der Waals surface area contributed by atoms with Crippen molar-refractivity contribution in [1.29, 1.82) is 0 Å². The summed E-state index contributed by atoms with van der Waals surface area (Å²) < 4.78 is 5.68. The van der Waals surface area contributed by atoms with Crippen LogP contribution in [0, 0.1) is 0 Å². The summed E-state index contributed by atoms with van der Waals surface area (Å²) in [6.07, 6.45) is -1.49. The first-order valence-corrected chi connectivity index (χ1v) is 7.04. The molecule has 0 fully saturated rings. The molecule has 0 spiro atoms. The van der Waals surface area contributed by atoms with E-state index in [0.717, 1.165) is 16.9 Å². The van der Waals surface area contributed by atoms with E-state index in [0.29, 0.717) is 13.0 Å². The number of ether oxygens (including phenoxy) is 1. The Morgan fingerprint density at radius 3 is 2.36 bits per heavy atom. The van der Waals surface area contributed by atoms with E-state index in [1.54, 1.807) is 0 Å². The quantitative estimate of drug-likeness (QED) is 0.734. The van der Waals surface area contributed by atoms with Crippen LogP contribution in [0.5, 0.6) is 5.75 Å². The van der Waals surface area contributed by atoms with Crippen LogP contribution in [-0.2, 0) is 13.0 Å². The average Bonchev–Trinajstić information content (AvgIpc) is 2.53. The van der Waals surface area contributed by atoms with E-state index < -0.39 is 12.2 Å². The molecule has 2 aromatic carbocycles. The van der Waals surface area contributed by atoms with E-state index >= 15 is 0 Å². The van der Waals surface area contributed by atoms with Crippen molar-refractivity contribution < 1.29 is 19.7 Å². The number of hydrogen-bond donors (Lipinski definition) is 3. The molecule has 0 aliphatic heterocycles. The van der Waals surface area contributed by atoms with Crippen molar-refractivity contribution in [2.24, 2.45) is 0 Å². The summed E-state index contributed by atoms with van der Waals surface area (Å²) in [5.74, 6) is 0.755. The first-order chi connectivity index (χ1) is 10.6. The highest BCUT2D eigenvalue weighted by Gasteiger charge is 2.07. The molecule has 2 rings (SSSR count). The number of carboxylic acid groups (broad SMARTS) is 1. The summed E-state index contributed by atoms with van der Waals surface area (Å²) in [6, 6.07) is 17.3. The molecular weight excluding hydrogens is 282 g/mol. The lowest BCUT2D eigenvalue weighted by molar-refractivity contribution is 0.157. The summed E-state index contributed by atoms with van der Waals surface area (Å²) in [7, 11) is 0. The Labute approximate surface area is 129 Å². The van der Waals surface area contributed by atoms with E-state index in [2.05, 4.69) is 5.32 Å². The molecule has 0 saturated heterocycles. The van der Waals surface area contributed by atoms with E-state index in [-0.39, 0.29) is 6.54 Å². The van der Waals surface area contributed by atoms with Gasteiger partial charge in [-0.25, -0.2) is 4.79 Å². The lowest BCUT2D eigenvalue weighted by atomic mass is 10.1. The fourth-order valence-corrected chi connectivity index (χ4v) is 2.01. The second-order valence-electron chi connectivity index (χ2n) is 4.96. The SMILES string of the molecule is O=C(O)NC[C@H](O)Cc1ccc(OCc2ccccc2)cc1. The Morgan fingerprint density at radius 2 is 1.73 bits per heavy atom. The van der Waals surface area contributed by atoms with E-state index in [9.17, 15) is 9.90 Å². The first-order valence-electron chi connectivity index (χ1n) is 7.04. The zero-order chi connectivity index (χ0) is 15.8. The molecule has 22 heavy (non-hydrogen) atoms. The van der Waals surface area contributed by atoms with Gasteiger partial charge in [0.1, 0.15) is 12.4 Å². The van der Waals surface area contributed by atoms with Crippen LogP contribution in [0.3, 0.4) is 0 Å². The van der Waals surface area contributed by atoms with Gasteiger partial charge in [-0.1, -0.05) is 42.5 Å². The minimum Gasteiger partial charge on any atom is -0.489 e. The molecule has 116 valence electrons. The predicted octanol–water partition coefficient (Wildman–Crippen LogP) is 2.44. The van der Waals surface area contributed by atoms with Gasteiger partial charge in [0.2, 0.25) is 0 Å². The summed E-state index contributed by atoms with van der Waals surface area (Å²) in [5, 5.41) is 20.4. The van der Waals surface area contributed by atoms with Gasteiger partial charge in [0, 0.05) is 13.0 Å². The molecule has 3 N–H and O–H groups in total. The Morgan fingerprint density at radius 1 is 1.05 bits per heavy atom. The number of amides is 1. The molecule has 0 aromatic heterocycles. The summed E-state index contributed by atoms with van der Waals surface area (Å²) >= 11 is 0. The lowest BCUT2D eigenvalue weighted by Crippen LogP contribution is -2.31. The number of aliphatic hydroxyl groups excluding tert-OH is 1. The van der Waals surface area contributed by atoms with E-state index in [1.807, 2.05) is 54.6 Å². The first kappa shape index (κ1) is 15.9. The van der Waals surface area contributed by atoms with Crippen molar-refractivity contribution in [3.05, 3.63) is 65.7 Å².